The average molecular weight is 188 g/mol. The van der Waals surface area contributed by atoms with Crippen LogP contribution in [0.1, 0.15) is 45.4 Å². The third-order valence-electron chi connectivity index (χ3n) is 2.95. The van der Waals surface area contributed by atoms with Gasteiger partial charge in [0.1, 0.15) is 0 Å². The highest BCUT2D eigenvalue weighted by molar-refractivity contribution is 7.81. The molecule has 0 heterocycles. The van der Waals surface area contributed by atoms with Crippen molar-refractivity contribution in [3.63, 3.8) is 0 Å². The minimum Gasteiger partial charge on any atom is -0.392 e. The number of hydrogen-bond acceptors (Lipinski definition) is 2. The molecule has 2 atom stereocenters. The summed E-state index contributed by atoms with van der Waals surface area (Å²) in [6.45, 7) is 2.02. The Morgan fingerprint density at radius 3 is 2.42 bits per heavy atom. The van der Waals surface area contributed by atoms with Gasteiger partial charge in [0.25, 0.3) is 0 Å². The van der Waals surface area contributed by atoms with Crippen molar-refractivity contribution < 1.29 is 5.11 Å². The van der Waals surface area contributed by atoms with E-state index in [4.69, 9.17) is 0 Å². The highest BCUT2D eigenvalue weighted by Gasteiger charge is 2.25. The van der Waals surface area contributed by atoms with Crippen LogP contribution in [0.2, 0.25) is 0 Å². The van der Waals surface area contributed by atoms with Gasteiger partial charge >= 0.3 is 0 Å². The van der Waals surface area contributed by atoms with Crippen molar-refractivity contribution in [2.75, 3.05) is 0 Å². The number of thiol groups is 1. The Morgan fingerprint density at radius 1 is 1.33 bits per heavy atom. The SMILES string of the molecule is CCC(O)C(S)C1CCCCC1. The molecule has 2 unspecified atom stereocenters. The van der Waals surface area contributed by atoms with Gasteiger partial charge in [-0.2, -0.15) is 12.6 Å². The van der Waals surface area contributed by atoms with Crippen LogP contribution in [-0.2, 0) is 0 Å². The zero-order chi connectivity index (χ0) is 8.97. The molecule has 0 spiro atoms. The molecule has 1 aliphatic carbocycles. The molecule has 1 fully saturated rings. The molecule has 72 valence electrons. The molecule has 0 amide bonds. The molecule has 0 bridgehead atoms. The van der Waals surface area contributed by atoms with Gasteiger partial charge in [-0.1, -0.05) is 26.2 Å². The van der Waals surface area contributed by atoms with Gasteiger partial charge in [0, 0.05) is 5.25 Å². The lowest BCUT2D eigenvalue weighted by molar-refractivity contribution is 0.135. The van der Waals surface area contributed by atoms with Gasteiger partial charge in [0.15, 0.2) is 0 Å². The molecule has 1 N–H and O–H groups in total. The summed E-state index contributed by atoms with van der Waals surface area (Å²) < 4.78 is 0. The maximum Gasteiger partial charge on any atom is 0.0656 e. The van der Waals surface area contributed by atoms with Gasteiger partial charge in [-0.3, -0.25) is 0 Å². The molecule has 0 aromatic heterocycles. The summed E-state index contributed by atoms with van der Waals surface area (Å²) in [6, 6.07) is 0. The number of aliphatic hydroxyl groups is 1. The Bertz CT molecular complexity index is 121. The molecule has 1 rings (SSSR count). The monoisotopic (exact) mass is 188 g/mol. The van der Waals surface area contributed by atoms with Gasteiger partial charge < -0.3 is 5.11 Å². The molecule has 0 aromatic carbocycles. The third kappa shape index (κ3) is 2.67. The van der Waals surface area contributed by atoms with E-state index in [1.165, 1.54) is 32.1 Å². The van der Waals surface area contributed by atoms with Crippen molar-refractivity contribution in [2.45, 2.75) is 56.8 Å². The summed E-state index contributed by atoms with van der Waals surface area (Å²) in [5.74, 6) is 0.664. The van der Waals surface area contributed by atoms with Gasteiger partial charge in [-0.15, -0.1) is 0 Å². The first-order valence-electron chi connectivity index (χ1n) is 5.11. The molecule has 1 saturated carbocycles. The van der Waals surface area contributed by atoms with Crippen LogP contribution in [0, 0.1) is 5.92 Å². The molecule has 0 radical (unpaired) electrons. The zero-order valence-electron chi connectivity index (χ0n) is 7.87. The Labute approximate surface area is 81.0 Å². The van der Waals surface area contributed by atoms with E-state index in [1.54, 1.807) is 0 Å². The minimum atomic E-state index is -0.198. The Hall–Kier alpha value is 0.310. The van der Waals surface area contributed by atoms with Crippen LogP contribution in [0.25, 0.3) is 0 Å². The fraction of sp³-hybridized carbons (Fsp3) is 1.00. The summed E-state index contributed by atoms with van der Waals surface area (Å²) in [7, 11) is 0. The molecule has 0 aromatic rings. The second-order valence-electron chi connectivity index (χ2n) is 3.86. The molecule has 12 heavy (non-hydrogen) atoms. The van der Waals surface area contributed by atoms with Crippen LogP contribution in [0.15, 0.2) is 0 Å². The molecule has 0 saturated heterocycles. The first kappa shape index (κ1) is 10.4. The Balaban J connectivity index is 2.33. The third-order valence-corrected chi connectivity index (χ3v) is 3.71. The van der Waals surface area contributed by atoms with Gasteiger partial charge in [0.05, 0.1) is 6.10 Å². The normalized spacial score (nSPS) is 25.2. The summed E-state index contributed by atoms with van der Waals surface area (Å²) in [5.41, 5.74) is 0. The highest BCUT2D eigenvalue weighted by Crippen LogP contribution is 2.31. The molecular weight excluding hydrogens is 168 g/mol. The predicted octanol–water partition coefficient (Wildman–Crippen LogP) is 2.64. The quantitative estimate of drug-likeness (QED) is 0.652. The van der Waals surface area contributed by atoms with Crippen molar-refractivity contribution in [1.82, 2.24) is 0 Å². The molecule has 1 aliphatic rings. The maximum absolute atomic E-state index is 9.60. The standard InChI is InChI=1S/C10H20OS/c1-2-9(11)10(12)8-6-4-3-5-7-8/h8-12H,2-7H2,1H3. The van der Waals surface area contributed by atoms with Gasteiger partial charge in [-0.05, 0) is 25.2 Å². The Kier molecular flexibility index (Phi) is 4.44. The Morgan fingerprint density at radius 2 is 1.92 bits per heavy atom. The second kappa shape index (κ2) is 5.13. The maximum atomic E-state index is 9.60. The van der Waals surface area contributed by atoms with Crippen LogP contribution in [0.3, 0.4) is 0 Å². The summed E-state index contributed by atoms with van der Waals surface area (Å²) in [5, 5.41) is 9.82. The lowest BCUT2D eigenvalue weighted by atomic mass is 9.84. The molecule has 1 nitrogen and oxygen atoms in total. The van der Waals surface area contributed by atoms with Crippen LogP contribution in [0.5, 0.6) is 0 Å². The van der Waals surface area contributed by atoms with Crippen molar-refractivity contribution in [1.29, 1.82) is 0 Å². The van der Waals surface area contributed by atoms with E-state index in [0.29, 0.717) is 5.92 Å². The van der Waals surface area contributed by atoms with Gasteiger partial charge in [0.2, 0.25) is 0 Å². The van der Waals surface area contributed by atoms with E-state index in [1.807, 2.05) is 6.92 Å². The number of aliphatic hydroxyl groups excluding tert-OH is 1. The largest absolute Gasteiger partial charge is 0.392 e. The zero-order valence-corrected chi connectivity index (χ0v) is 8.76. The summed E-state index contributed by atoms with van der Waals surface area (Å²) in [6.07, 6.45) is 7.22. The number of rotatable bonds is 3. The van der Waals surface area contributed by atoms with Crippen LogP contribution in [-0.4, -0.2) is 16.5 Å². The fourth-order valence-electron chi connectivity index (χ4n) is 2.03. The van der Waals surface area contributed by atoms with E-state index < -0.39 is 0 Å². The van der Waals surface area contributed by atoms with Gasteiger partial charge in [-0.25, -0.2) is 0 Å². The van der Waals surface area contributed by atoms with E-state index in [2.05, 4.69) is 12.6 Å². The predicted molar refractivity (Wildman–Crippen MR) is 55.6 cm³/mol. The average Bonchev–Trinajstić information content (AvgIpc) is 2.17. The van der Waals surface area contributed by atoms with Crippen molar-refractivity contribution in [3.05, 3.63) is 0 Å². The van der Waals surface area contributed by atoms with E-state index in [-0.39, 0.29) is 11.4 Å². The first-order chi connectivity index (χ1) is 5.75. The van der Waals surface area contributed by atoms with E-state index in [0.717, 1.165) is 6.42 Å². The molecule has 2 heteroatoms. The lowest BCUT2D eigenvalue weighted by Gasteiger charge is -2.29. The second-order valence-corrected chi connectivity index (χ2v) is 4.46. The van der Waals surface area contributed by atoms with E-state index >= 15 is 0 Å². The summed E-state index contributed by atoms with van der Waals surface area (Å²) >= 11 is 4.50. The summed E-state index contributed by atoms with van der Waals surface area (Å²) in [4.78, 5) is 0. The van der Waals surface area contributed by atoms with Crippen molar-refractivity contribution >= 4 is 12.6 Å². The fourth-order valence-corrected chi connectivity index (χ4v) is 2.54. The van der Waals surface area contributed by atoms with Crippen molar-refractivity contribution in [3.8, 4) is 0 Å². The lowest BCUT2D eigenvalue weighted by Crippen LogP contribution is -2.29. The first-order valence-corrected chi connectivity index (χ1v) is 5.63. The highest BCUT2D eigenvalue weighted by atomic mass is 32.1. The minimum absolute atomic E-state index is 0.198. The topological polar surface area (TPSA) is 20.2 Å². The molecule has 0 aliphatic heterocycles. The molecular formula is C10H20OS. The van der Waals surface area contributed by atoms with Crippen LogP contribution >= 0.6 is 12.6 Å². The number of hydrogen-bond donors (Lipinski definition) is 2. The van der Waals surface area contributed by atoms with Crippen LogP contribution in [0.4, 0.5) is 0 Å². The van der Waals surface area contributed by atoms with E-state index in [9.17, 15) is 5.11 Å². The van der Waals surface area contributed by atoms with Crippen LogP contribution < -0.4 is 0 Å². The smallest absolute Gasteiger partial charge is 0.0656 e. The van der Waals surface area contributed by atoms with Crippen molar-refractivity contribution in [2.24, 2.45) is 5.92 Å².